The van der Waals surface area contributed by atoms with Crippen molar-refractivity contribution in [2.24, 2.45) is 11.8 Å². The number of anilines is 2. The molecule has 2 atom stereocenters. The van der Waals surface area contributed by atoms with Crippen molar-refractivity contribution in [1.82, 2.24) is 4.98 Å². The second-order valence-electron chi connectivity index (χ2n) is 7.15. The third kappa shape index (κ3) is 5.36. The molecule has 0 spiro atoms. The van der Waals surface area contributed by atoms with E-state index in [1.54, 1.807) is 12.1 Å². The molecule has 5 nitrogen and oxygen atoms in total. The van der Waals surface area contributed by atoms with Crippen LogP contribution in [0.1, 0.15) is 6.42 Å². The summed E-state index contributed by atoms with van der Waals surface area (Å²) in [5.41, 5.74) is 2.23. The Morgan fingerprint density at radius 2 is 1.69 bits per heavy atom. The van der Waals surface area contributed by atoms with Gasteiger partial charge in [0.25, 0.3) is 0 Å². The van der Waals surface area contributed by atoms with Crippen LogP contribution in [0.5, 0.6) is 0 Å². The number of nitrogens with zero attached hydrogens (tertiary/aromatic N) is 3. The molecular weight excluding hydrogens is 390 g/mol. The predicted molar refractivity (Wildman–Crippen MR) is 100 cm³/mol. The highest BCUT2D eigenvalue weighted by Gasteiger charge is 2.38. The maximum absolute atomic E-state index is 13.4. The molecule has 1 aromatic carbocycles. The van der Waals surface area contributed by atoms with E-state index in [4.69, 9.17) is 9.90 Å². The average Bonchev–Trinajstić information content (AvgIpc) is 3.12. The van der Waals surface area contributed by atoms with Gasteiger partial charge < -0.3 is 14.9 Å². The second kappa shape index (κ2) is 8.67. The third-order valence-corrected chi connectivity index (χ3v) is 5.23. The van der Waals surface area contributed by atoms with Crippen molar-refractivity contribution in [3.05, 3.63) is 54.6 Å². The topological polar surface area (TPSA) is 56.7 Å². The first-order valence-corrected chi connectivity index (χ1v) is 9.19. The number of alkyl halides is 3. The first kappa shape index (κ1) is 20.9. The van der Waals surface area contributed by atoms with Crippen molar-refractivity contribution >= 4 is 17.3 Å². The SMILES string of the molecule is Fc1cccc(N2C[C@H]3CCN(c4cccnc4)C[C@H]3C2)c1.O=C(O)C(F)(F)F. The lowest BCUT2D eigenvalue weighted by molar-refractivity contribution is -0.192. The van der Waals surface area contributed by atoms with Crippen molar-refractivity contribution in [2.45, 2.75) is 12.6 Å². The molecule has 1 N–H and O–H groups in total. The number of halogens is 4. The van der Waals surface area contributed by atoms with E-state index < -0.39 is 12.1 Å². The Balaban J connectivity index is 0.000000298. The van der Waals surface area contributed by atoms with Gasteiger partial charge in [-0.05, 0) is 48.6 Å². The van der Waals surface area contributed by atoms with E-state index in [9.17, 15) is 17.6 Å². The van der Waals surface area contributed by atoms with E-state index in [0.717, 1.165) is 37.8 Å². The first-order chi connectivity index (χ1) is 13.7. The summed E-state index contributed by atoms with van der Waals surface area (Å²) >= 11 is 0. The predicted octanol–water partition coefficient (Wildman–Crippen LogP) is 3.82. The van der Waals surface area contributed by atoms with Gasteiger partial charge in [0.1, 0.15) is 5.82 Å². The minimum atomic E-state index is -5.08. The summed E-state index contributed by atoms with van der Waals surface area (Å²) in [7, 11) is 0. The molecule has 0 saturated carbocycles. The van der Waals surface area contributed by atoms with E-state index in [2.05, 4.69) is 20.9 Å². The third-order valence-electron chi connectivity index (χ3n) is 5.23. The number of fused-ring (bicyclic) bond motifs is 1. The minimum Gasteiger partial charge on any atom is -0.475 e. The fraction of sp³-hybridized carbons (Fsp3) is 0.400. The molecule has 0 aliphatic carbocycles. The molecule has 4 rings (SSSR count). The van der Waals surface area contributed by atoms with Crippen LogP contribution in [0.2, 0.25) is 0 Å². The Bertz CT molecular complexity index is 832. The van der Waals surface area contributed by atoms with Crippen LogP contribution in [0.25, 0.3) is 0 Å². The van der Waals surface area contributed by atoms with Crippen LogP contribution in [-0.2, 0) is 4.79 Å². The Morgan fingerprint density at radius 3 is 2.31 bits per heavy atom. The summed E-state index contributed by atoms with van der Waals surface area (Å²) in [6.45, 7) is 4.23. The zero-order chi connectivity index (χ0) is 21.0. The lowest BCUT2D eigenvalue weighted by atomic mass is 9.88. The van der Waals surface area contributed by atoms with Gasteiger partial charge in [-0.2, -0.15) is 13.2 Å². The van der Waals surface area contributed by atoms with E-state index in [1.807, 2.05) is 24.5 Å². The summed E-state index contributed by atoms with van der Waals surface area (Å²) in [5.74, 6) is -1.54. The van der Waals surface area contributed by atoms with Gasteiger partial charge in [-0.15, -0.1) is 0 Å². The maximum Gasteiger partial charge on any atom is 0.490 e. The Morgan fingerprint density at radius 1 is 1.03 bits per heavy atom. The van der Waals surface area contributed by atoms with E-state index >= 15 is 0 Å². The lowest BCUT2D eigenvalue weighted by Gasteiger charge is -2.35. The summed E-state index contributed by atoms with van der Waals surface area (Å²) in [5, 5.41) is 7.12. The molecule has 0 radical (unpaired) electrons. The molecule has 2 aliphatic rings. The highest BCUT2D eigenvalue weighted by molar-refractivity contribution is 5.73. The normalized spacial score (nSPS) is 21.2. The zero-order valence-corrected chi connectivity index (χ0v) is 15.5. The molecular formula is C20H21F4N3O2. The number of hydrogen-bond acceptors (Lipinski definition) is 4. The molecule has 2 saturated heterocycles. The monoisotopic (exact) mass is 411 g/mol. The number of hydrogen-bond donors (Lipinski definition) is 1. The molecule has 0 unspecified atom stereocenters. The molecule has 3 heterocycles. The smallest absolute Gasteiger partial charge is 0.475 e. The molecule has 2 aliphatic heterocycles. The zero-order valence-electron chi connectivity index (χ0n) is 15.5. The van der Waals surface area contributed by atoms with Gasteiger partial charge in [0.15, 0.2) is 0 Å². The number of aromatic nitrogens is 1. The summed E-state index contributed by atoms with van der Waals surface area (Å²) in [6.07, 6.45) is -0.123. The quantitative estimate of drug-likeness (QED) is 0.762. The average molecular weight is 411 g/mol. The van der Waals surface area contributed by atoms with Gasteiger partial charge >= 0.3 is 12.1 Å². The Hall–Kier alpha value is -2.84. The number of pyridine rings is 1. The van der Waals surface area contributed by atoms with Crippen LogP contribution >= 0.6 is 0 Å². The van der Waals surface area contributed by atoms with Crippen molar-refractivity contribution in [1.29, 1.82) is 0 Å². The summed E-state index contributed by atoms with van der Waals surface area (Å²) in [6, 6.07) is 11.1. The molecule has 0 amide bonds. The molecule has 1 aromatic heterocycles. The van der Waals surface area contributed by atoms with Crippen LogP contribution in [0.15, 0.2) is 48.8 Å². The number of piperidine rings is 1. The van der Waals surface area contributed by atoms with Gasteiger partial charge in [-0.25, -0.2) is 9.18 Å². The summed E-state index contributed by atoms with van der Waals surface area (Å²) in [4.78, 5) is 17.9. The summed E-state index contributed by atoms with van der Waals surface area (Å²) < 4.78 is 45.2. The molecule has 29 heavy (non-hydrogen) atoms. The van der Waals surface area contributed by atoms with Gasteiger partial charge in [-0.3, -0.25) is 4.98 Å². The minimum absolute atomic E-state index is 0.149. The van der Waals surface area contributed by atoms with Gasteiger partial charge in [0, 0.05) is 38.1 Å². The van der Waals surface area contributed by atoms with Crippen molar-refractivity contribution in [2.75, 3.05) is 36.0 Å². The number of aliphatic carboxylic acids is 1. The molecule has 2 fully saturated rings. The van der Waals surface area contributed by atoms with Crippen molar-refractivity contribution in [3.8, 4) is 0 Å². The maximum atomic E-state index is 13.4. The lowest BCUT2D eigenvalue weighted by Crippen LogP contribution is -2.40. The standard InChI is InChI=1S/C18H20FN3.C2HF3O2/c19-16-3-1-4-17(9-16)22-11-14-6-8-21(12-15(14)13-22)18-5-2-7-20-10-18;3-2(4,5)1(6)7/h1-5,7,9-10,14-15H,6,8,11-13H2;(H,6,7)/t14-,15+;/m1./s1. The fourth-order valence-electron chi connectivity index (χ4n) is 3.83. The van der Waals surface area contributed by atoms with Crippen LogP contribution in [0, 0.1) is 17.7 Å². The second-order valence-corrected chi connectivity index (χ2v) is 7.15. The van der Waals surface area contributed by atoms with Crippen molar-refractivity contribution < 1.29 is 27.5 Å². The van der Waals surface area contributed by atoms with Crippen LogP contribution in [0.3, 0.4) is 0 Å². The number of benzene rings is 1. The highest BCUT2D eigenvalue weighted by Crippen LogP contribution is 2.35. The molecule has 9 heteroatoms. The van der Waals surface area contributed by atoms with Crippen LogP contribution < -0.4 is 9.80 Å². The number of rotatable bonds is 2. The number of carboxylic acid groups (broad SMARTS) is 1. The van der Waals surface area contributed by atoms with E-state index in [-0.39, 0.29) is 5.82 Å². The number of carboxylic acids is 1. The fourth-order valence-corrected chi connectivity index (χ4v) is 3.83. The molecule has 156 valence electrons. The highest BCUT2D eigenvalue weighted by atomic mass is 19.4. The molecule has 2 aromatic rings. The largest absolute Gasteiger partial charge is 0.490 e. The molecule has 0 bridgehead atoms. The van der Waals surface area contributed by atoms with Crippen molar-refractivity contribution in [3.63, 3.8) is 0 Å². The van der Waals surface area contributed by atoms with Crippen LogP contribution in [0.4, 0.5) is 28.9 Å². The van der Waals surface area contributed by atoms with Gasteiger partial charge in [-0.1, -0.05) is 6.07 Å². The number of carbonyl (C=O) groups is 1. The van der Waals surface area contributed by atoms with Gasteiger partial charge in [0.2, 0.25) is 0 Å². The Labute approximate surface area is 165 Å². The van der Waals surface area contributed by atoms with Gasteiger partial charge in [0.05, 0.1) is 11.9 Å². The van der Waals surface area contributed by atoms with Crippen LogP contribution in [-0.4, -0.2) is 48.4 Å². The van der Waals surface area contributed by atoms with E-state index in [1.165, 1.54) is 18.2 Å². The Kier molecular flexibility index (Phi) is 6.24. The van der Waals surface area contributed by atoms with E-state index in [0.29, 0.717) is 5.92 Å². The first-order valence-electron chi connectivity index (χ1n) is 9.19.